The summed E-state index contributed by atoms with van der Waals surface area (Å²) in [5.41, 5.74) is 6.45. The molecule has 3 aromatic heterocycles. The first-order valence-electron chi connectivity index (χ1n) is 12.6. The number of rotatable bonds is 5. The Morgan fingerprint density at radius 3 is 2.16 bits per heavy atom. The van der Waals surface area contributed by atoms with Gasteiger partial charge in [0.1, 0.15) is 11.6 Å². The molecule has 0 saturated heterocycles. The van der Waals surface area contributed by atoms with Gasteiger partial charge in [0, 0.05) is 28.7 Å². The van der Waals surface area contributed by atoms with E-state index in [0.717, 1.165) is 44.9 Å². The lowest BCUT2D eigenvalue weighted by atomic mass is 10.0. The molecule has 0 aliphatic carbocycles. The number of aromatic nitrogens is 3. The fourth-order valence-electron chi connectivity index (χ4n) is 5.04. The Balaban J connectivity index is 1.32. The molecule has 0 bridgehead atoms. The molecule has 180 valence electrons. The predicted molar refractivity (Wildman–Crippen MR) is 154 cm³/mol. The highest BCUT2D eigenvalue weighted by Crippen LogP contribution is 2.36. The highest BCUT2D eigenvalue weighted by Gasteiger charge is 2.14. The molecule has 0 radical (unpaired) electrons. The first-order valence-corrected chi connectivity index (χ1v) is 12.6. The van der Waals surface area contributed by atoms with Gasteiger partial charge in [0.15, 0.2) is 0 Å². The van der Waals surface area contributed by atoms with Gasteiger partial charge >= 0.3 is 0 Å². The second-order valence-electron chi connectivity index (χ2n) is 9.12. The van der Waals surface area contributed by atoms with Gasteiger partial charge in [-0.05, 0) is 65.2 Å². The lowest BCUT2D eigenvalue weighted by Gasteiger charge is -2.12. The topological polar surface area (TPSA) is 39.9 Å². The van der Waals surface area contributed by atoms with Crippen LogP contribution in [0.25, 0.3) is 49.9 Å². The number of pyridine rings is 2. The van der Waals surface area contributed by atoms with Crippen LogP contribution in [0.5, 0.6) is 11.6 Å². The fourth-order valence-corrected chi connectivity index (χ4v) is 5.04. The third-order valence-electron chi connectivity index (χ3n) is 6.79. The third kappa shape index (κ3) is 3.89. The summed E-state index contributed by atoms with van der Waals surface area (Å²) in [6, 6.07) is 43.4. The number of fused-ring (bicyclic) bond motifs is 3. The molecule has 7 aromatic rings. The van der Waals surface area contributed by atoms with Gasteiger partial charge in [-0.1, -0.05) is 78.9 Å². The van der Waals surface area contributed by atoms with Gasteiger partial charge in [0.05, 0.1) is 11.0 Å². The van der Waals surface area contributed by atoms with Gasteiger partial charge in [0.2, 0.25) is 5.88 Å². The van der Waals surface area contributed by atoms with E-state index in [9.17, 15) is 0 Å². The maximum atomic E-state index is 6.33. The zero-order valence-corrected chi connectivity index (χ0v) is 20.5. The summed E-state index contributed by atoms with van der Waals surface area (Å²) >= 11 is 0. The molecule has 38 heavy (non-hydrogen) atoms. The maximum absolute atomic E-state index is 6.33. The number of ether oxygens (including phenoxy) is 1. The van der Waals surface area contributed by atoms with Crippen molar-refractivity contribution in [2.45, 2.75) is 0 Å². The molecule has 4 aromatic carbocycles. The highest BCUT2D eigenvalue weighted by atomic mass is 16.5. The largest absolute Gasteiger partial charge is 0.438 e. The molecule has 0 N–H and O–H groups in total. The summed E-state index contributed by atoms with van der Waals surface area (Å²) in [6.45, 7) is 0. The molecule has 7 rings (SSSR count). The second-order valence-corrected chi connectivity index (χ2v) is 9.12. The Kier molecular flexibility index (Phi) is 5.41. The van der Waals surface area contributed by atoms with Crippen molar-refractivity contribution in [1.29, 1.82) is 0 Å². The molecule has 0 spiro atoms. The van der Waals surface area contributed by atoms with Gasteiger partial charge in [-0.15, -0.1) is 0 Å². The van der Waals surface area contributed by atoms with Crippen LogP contribution in [0.3, 0.4) is 0 Å². The van der Waals surface area contributed by atoms with Crippen molar-refractivity contribution in [2.75, 3.05) is 0 Å². The molecule has 4 heteroatoms. The average molecular weight is 490 g/mol. The molecule has 3 heterocycles. The molecule has 0 amide bonds. The Hall–Kier alpha value is -5.22. The Bertz CT molecular complexity index is 1890. The van der Waals surface area contributed by atoms with Gasteiger partial charge < -0.3 is 4.74 Å². The number of para-hydroxylation sites is 1. The minimum Gasteiger partial charge on any atom is -0.438 e. The van der Waals surface area contributed by atoms with Crippen molar-refractivity contribution >= 4 is 21.8 Å². The Labute approximate surface area is 220 Å². The van der Waals surface area contributed by atoms with E-state index >= 15 is 0 Å². The van der Waals surface area contributed by atoms with Crippen LogP contribution in [0.15, 0.2) is 140 Å². The first-order chi connectivity index (χ1) is 18.8. The third-order valence-corrected chi connectivity index (χ3v) is 6.79. The Morgan fingerprint density at radius 2 is 1.26 bits per heavy atom. The van der Waals surface area contributed by atoms with Crippen molar-refractivity contribution in [3.05, 3.63) is 140 Å². The van der Waals surface area contributed by atoms with Crippen LogP contribution >= 0.6 is 0 Å². The van der Waals surface area contributed by atoms with Crippen LogP contribution in [0.1, 0.15) is 0 Å². The van der Waals surface area contributed by atoms with Crippen molar-refractivity contribution in [3.63, 3.8) is 0 Å². The van der Waals surface area contributed by atoms with Crippen molar-refractivity contribution < 1.29 is 4.74 Å². The van der Waals surface area contributed by atoms with Crippen LogP contribution in [-0.2, 0) is 0 Å². The SMILES string of the molecule is c1ccc(-c2cccnc2Oc2cccc(-c3ccc4c5ccccc5n(-c5ccccn5)c4c3)c2)cc1. The van der Waals surface area contributed by atoms with E-state index in [2.05, 4.69) is 81.3 Å². The minimum atomic E-state index is 0.585. The van der Waals surface area contributed by atoms with E-state index in [-0.39, 0.29) is 0 Å². The van der Waals surface area contributed by atoms with Crippen molar-refractivity contribution in [3.8, 4) is 39.7 Å². The number of hydrogen-bond acceptors (Lipinski definition) is 3. The molecular weight excluding hydrogens is 466 g/mol. The number of hydrogen-bond donors (Lipinski definition) is 0. The van der Waals surface area contributed by atoms with Crippen LogP contribution in [0, 0.1) is 0 Å². The molecule has 0 aliphatic heterocycles. The van der Waals surface area contributed by atoms with Crippen LogP contribution < -0.4 is 4.74 Å². The molecule has 0 atom stereocenters. The van der Waals surface area contributed by atoms with Crippen LogP contribution in [0.4, 0.5) is 0 Å². The maximum Gasteiger partial charge on any atom is 0.227 e. The molecule has 0 unspecified atom stereocenters. The van der Waals surface area contributed by atoms with E-state index < -0.39 is 0 Å². The normalized spacial score (nSPS) is 11.2. The van der Waals surface area contributed by atoms with Gasteiger partial charge in [-0.2, -0.15) is 0 Å². The monoisotopic (exact) mass is 489 g/mol. The van der Waals surface area contributed by atoms with Crippen LogP contribution in [-0.4, -0.2) is 14.5 Å². The van der Waals surface area contributed by atoms with Crippen molar-refractivity contribution in [1.82, 2.24) is 14.5 Å². The zero-order chi connectivity index (χ0) is 25.3. The molecule has 0 fully saturated rings. The van der Waals surface area contributed by atoms with E-state index in [1.807, 2.05) is 66.9 Å². The van der Waals surface area contributed by atoms with Gasteiger partial charge in [-0.3, -0.25) is 4.57 Å². The summed E-state index contributed by atoms with van der Waals surface area (Å²) in [6.07, 6.45) is 3.60. The summed E-state index contributed by atoms with van der Waals surface area (Å²) in [5.74, 6) is 2.22. The fraction of sp³-hybridized carbons (Fsp3) is 0. The van der Waals surface area contributed by atoms with Crippen molar-refractivity contribution in [2.24, 2.45) is 0 Å². The summed E-state index contributed by atoms with van der Waals surface area (Å²) in [7, 11) is 0. The van der Waals surface area contributed by atoms with Crippen LogP contribution in [0.2, 0.25) is 0 Å². The average Bonchev–Trinajstić information content (AvgIpc) is 3.32. The lowest BCUT2D eigenvalue weighted by molar-refractivity contribution is 0.465. The second kappa shape index (κ2) is 9.34. The van der Waals surface area contributed by atoms with Gasteiger partial charge in [0.25, 0.3) is 0 Å². The quantitative estimate of drug-likeness (QED) is 0.243. The van der Waals surface area contributed by atoms with E-state index in [1.54, 1.807) is 6.20 Å². The zero-order valence-electron chi connectivity index (χ0n) is 20.5. The molecule has 0 aliphatic rings. The van der Waals surface area contributed by atoms with Gasteiger partial charge in [-0.25, -0.2) is 9.97 Å². The summed E-state index contributed by atoms with van der Waals surface area (Å²) < 4.78 is 8.56. The molecular formula is C34H23N3O. The van der Waals surface area contributed by atoms with E-state index in [4.69, 9.17) is 4.74 Å². The standard InChI is InChI=1S/C34H23N3O/c1-2-10-24(11-3-1)28-15-9-21-36-34(28)38-27-13-8-12-25(22-27)26-18-19-30-29-14-4-5-16-31(29)37(32(30)23-26)33-17-6-7-20-35-33/h1-23H. The lowest BCUT2D eigenvalue weighted by Crippen LogP contribution is -1.96. The Morgan fingerprint density at radius 1 is 0.500 bits per heavy atom. The predicted octanol–water partition coefficient (Wildman–Crippen LogP) is 8.70. The smallest absolute Gasteiger partial charge is 0.227 e. The highest BCUT2D eigenvalue weighted by molar-refractivity contribution is 6.10. The minimum absolute atomic E-state index is 0.585. The molecule has 0 saturated carbocycles. The molecule has 4 nitrogen and oxygen atoms in total. The first kappa shape index (κ1) is 22.0. The van der Waals surface area contributed by atoms with E-state index in [0.29, 0.717) is 5.88 Å². The summed E-state index contributed by atoms with van der Waals surface area (Å²) in [4.78, 5) is 9.18. The summed E-state index contributed by atoms with van der Waals surface area (Å²) in [5, 5.41) is 2.41. The van der Waals surface area contributed by atoms with E-state index in [1.165, 1.54) is 10.8 Å². The number of nitrogens with zero attached hydrogens (tertiary/aromatic N) is 3. The number of benzene rings is 4.